The fraction of sp³-hybridized carbons (Fsp3) is 0.316. The third kappa shape index (κ3) is 4.87. The van der Waals surface area contributed by atoms with Gasteiger partial charge in [-0.2, -0.15) is 0 Å². The first-order valence-electron chi connectivity index (χ1n) is 8.14. The standard InChI is InChI=1S/C19H24N2O3S2/c1-13-6-7-15(3)18(10-13)25-12-19(22)20-17-11-16(9-8-14(17)2)26(23,24)21(4)5/h6-11H,12H2,1-5H3,(H,20,22). The number of hydrogen-bond acceptors (Lipinski definition) is 4. The van der Waals surface area contributed by atoms with Gasteiger partial charge in [-0.05, 0) is 50.1 Å². The first-order valence-corrected chi connectivity index (χ1v) is 10.6. The maximum Gasteiger partial charge on any atom is 0.242 e. The van der Waals surface area contributed by atoms with Crippen molar-refractivity contribution in [2.75, 3.05) is 25.2 Å². The van der Waals surface area contributed by atoms with Crippen LogP contribution in [0.5, 0.6) is 0 Å². The fourth-order valence-electron chi connectivity index (χ4n) is 2.30. The van der Waals surface area contributed by atoms with Gasteiger partial charge in [-0.15, -0.1) is 11.8 Å². The Labute approximate surface area is 159 Å². The second-order valence-electron chi connectivity index (χ2n) is 6.37. The molecule has 0 radical (unpaired) electrons. The van der Waals surface area contributed by atoms with Gasteiger partial charge in [0, 0.05) is 24.7 Å². The number of nitrogens with one attached hydrogen (secondary N) is 1. The monoisotopic (exact) mass is 392 g/mol. The lowest BCUT2D eigenvalue weighted by Crippen LogP contribution is -2.22. The molecule has 0 aliphatic rings. The van der Waals surface area contributed by atoms with Gasteiger partial charge in [0.1, 0.15) is 0 Å². The number of sulfonamides is 1. The Morgan fingerprint density at radius 1 is 1.04 bits per heavy atom. The van der Waals surface area contributed by atoms with Gasteiger partial charge < -0.3 is 5.32 Å². The fourth-order valence-corrected chi connectivity index (χ4v) is 4.15. The second-order valence-corrected chi connectivity index (χ2v) is 9.54. The second kappa shape index (κ2) is 8.24. The summed E-state index contributed by atoms with van der Waals surface area (Å²) in [5.74, 6) is 0.0902. The molecule has 0 fully saturated rings. The highest BCUT2D eigenvalue weighted by molar-refractivity contribution is 8.00. The van der Waals surface area contributed by atoms with E-state index in [1.807, 2.05) is 32.9 Å². The molecule has 0 saturated carbocycles. The lowest BCUT2D eigenvalue weighted by molar-refractivity contribution is -0.113. The predicted molar refractivity (Wildman–Crippen MR) is 107 cm³/mol. The quantitative estimate of drug-likeness (QED) is 0.763. The maximum atomic E-state index is 12.3. The third-order valence-corrected chi connectivity index (χ3v) is 6.93. The molecule has 0 unspecified atom stereocenters. The van der Waals surface area contributed by atoms with Crippen LogP contribution in [0.25, 0.3) is 0 Å². The summed E-state index contributed by atoms with van der Waals surface area (Å²) in [6.07, 6.45) is 0. The van der Waals surface area contributed by atoms with Crippen molar-refractivity contribution in [3.8, 4) is 0 Å². The number of benzene rings is 2. The van der Waals surface area contributed by atoms with Crippen LogP contribution < -0.4 is 5.32 Å². The van der Waals surface area contributed by atoms with E-state index < -0.39 is 10.0 Å². The number of anilines is 1. The summed E-state index contributed by atoms with van der Waals surface area (Å²) >= 11 is 1.47. The molecule has 1 amide bonds. The topological polar surface area (TPSA) is 66.5 Å². The number of aryl methyl sites for hydroxylation is 3. The van der Waals surface area contributed by atoms with Crippen molar-refractivity contribution in [1.29, 1.82) is 0 Å². The van der Waals surface area contributed by atoms with E-state index in [0.29, 0.717) is 5.69 Å². The molecule has 2 aromatic rings. The van der Waals surface area contributed by atoms with Gasteiger partial charge in [0.25, 0.3) is 0 Å². The van der Waals surface area contributed by atoms with E-state index in [1.165, 1.54) is 31.9 Å². The molecule has 2 rings (SSSR count). The molecule has 2 aromatic carbocycles. The van der Waals surface area contributed by atoms with Crippen molar-refractivity contribution >= 4 is 33.4 Å². The Hall–Kier alpha value is -1.83. The van der Waals surface area contributed by atoms with Gasteiger partial charge >= 0.3 is 0 Å². The number of rotatable bonds is 6. The number of nitrogens with zero attached hydrogens (tertiary/aromatic N) is 1. The number of thioether (sulfide) groups is 1. The van der Waals surface area contributed by atoms with Crippen LogP contribution in [0.3, 0.4) is 0 Å². The Bertz CT molecular complexity index is 922. The Kier molecular flexibility index (Phi) is 6.49. The first-order chi connectivity index (χ1) is 12.1. The van der Waals surface area contributed by atoms with Crippen molar-refractivity contribution < 1.29 is 13.2 Å². The maximum absolute atomic E-state index is 12.3. The summed E-state index contributed by atoms with van der Waals surface area (Å²) < 4.78 is 25.7. The van der Waals surface area contributed by atoms with Gasteiger partial charge in [-0.25, -0.2) is 12.7 Å². The Balaban J connectivity index is 2.12. The molecule has 140 valence electrons. The molecule has 26 heavy (non-hydrogen) atoms. The van der Waals surface area contributed by atoms with Crippen molar-refractivity contribution in [2.45, 2.75) is 30.6 Å². The lowest BCUT2D eigenvalue weighted by Gasteiger charge is -2.14. The molecule has 7 heteroatoms. The molecule has 0 aliphatic heterocycles. The van der Waals surface area contributed by atoms with Crippen LogP contribution in [-0.2, 0) is 14.8 Å². The third-order valence-electron chi connectivity index (χ3n) is 3.96. The molecular weight excluding hydrogens is 368 g/mol. The first kappa shape index (κ1) is 20.5. The molecule has 0 heterocycles. The summed E-state index contributed by atoms with van der Waals surface area (Å²) in [5, 5.41) is 2.82. The van der Waals surface area contributed by atoms with Crippen molar-refractivity contribution in [3.05, 3.63) is 53.1 Å². The van der Waals surface area contributed by atoms with E-state index in [1.54, 1.807) is 12.1 Å². The highest BCUT2D eigenvalue weighted by Gasteiger charge is 2.18. The molecule has 1 N–H and O–H groups in total. The molecule has 0 bridgehead atoms. The SMILES string of the molecule is Cc1ccc(C)c(SCC(=O)Nc2cc(S(=O)(=O)N(C)C)ccc2C)c1. The minimum atomic E-state index is -3.54. The number of hydrogen-bond donors (Lipinski definition) is 1. The molecule has 0 aliphatic carbocycles. The normalized spacial score (nSPS) is 11.6. The van der Waals surface area contributed by atoms with Crippen molar-refractivity contribution in [1.82, 2.24) is 4.31 Å². The minimum Gasteiger partial charge on any atom is -0.325 e. The Morgan fingerprint density at radius 2 is 1.69 bits per heavy atom. The molecule has 0 atom stereocenters. The van der Waals surface area contributed by atoms with Gasteiger partial charge in [0.2, 0.25) is 15.9 Å². The summed E-state index contributed by atoms with van der Waals surface area (Å²) in [6, 6.07) is 10.9. The smallest absolute Gasteiger partial charge is 0.242 e. The summed E-state index contributed by atoms with van der Waals surface area (Å²) in [7, 11) is -0.580. The van der Waals surface area contributed by atoms with Crippen molar-refractivity contribution in [3.63, 3.8) is 0 Å². The van der Waals surface area contributed by atoms with Gasteiger partial charge in [-0.3, -0.25) is 4.79 Å². The average molecular weight is 393 g/mol. The van der Waals surface area contributed by atoms with Crippen LogP contribution in [0.15, 0.2) is 46.2 Å². The van der Waals surface area contributed by atoms with Gasteiger partial charge in [0.05, 0.1) is 10.6 Å². The zero-order valence-corrected chi connectivity index (χ0v) is 17.3. The summed E-state index contributed by atoms with van der Waals surface area (Å²) in [5.41, 5.74) is 3.60. The molecule has 0 saturated heterocycles. The van der Waals surface area contributed by atoms with E-state index in [9.17, 15) is 13.2 Å². The zero-order valence-electron chi connectivity index (χ0n) is 15.7. The minimum absolute atomic E-state index is 0.158. The number of carbonyl (C=O) groups is 1. The Morgan fingerprint density at radius 3 is 2.35 bits per heavy atom. The average Bonchev–Trinajstić information content (AvgIpc) is 2.57. The highest BCUT2D eigenvalue weighted by atomic mass is 32.2. The van der Waals surface area contributed by atoms with Gasteiger partial charge in [0.15, 0.2) is 0 Å². The van der Waals surface area contributed by atoms with Crippen LogP contribution >= 0.6 is 11.8 Å². The number of carbonyl (C=O) groups excluding carboxylic acids is 1. The van der Waals surface area contributed by atoms with Crippen LogP contribution in [-0.4, -0.2) is 38.5 Å². The lowest BCUT2D eigenvalue weighted by atomic mass is 10.2. The summed E-state index contributed by atoms with van der Waals surface area (Å²) in [4.78, 5) is 13.6. The van der Waals surface area contributed by atoms with Crippen LogP contribution in [0.4, 0.5) is 5.69 Å². The van der Waals surface area contributed by atoms with E-state index >= 15 is 0 Å². The van der Waals surface area contributed by atoms with Crippen LogP contribution in [0.1, 0.15) is 16.7 Å². The van der Waals surface area contributed by atoms with E-state index in [0.717, 1.165) is 25.9 Å². The molecule has 0 spiro atoms. The van der Waals surface area contributed by atoms with Crippen molar-refractivity contribution in [2.24, 2.45) is 0 Å². The number of amides is 1. The van der Waals surface area contributed by atoms with Crippen LogP contribution in [0.2, 0.25) is 0 Å². The largest absolute Gasteiger partial charge is 0.325 e. The predicted octanol–water partition coefficient (Wildman–Crippen LogP) is 3.59. The van der Waals surface area contributed by atoms with E-state index in [-0.39, 0.29) is 16.6 Å². The highest BCUT2D eigenvalue weighted by Crippen LogP contribution is 2.25. The van der Waals surface area contributed by atoms with E-state index in [2.05, 4.69) is 11.4 Å². The summed E-state index contributed by atoms with van der Waals surface area (Å²) in [6.45, 7) is 5.86. The molecule has 5 nitrogen and oxygen atoms in total. The molecular formula is C19H24N2O3S2. The zero-order chi connectivity index (χ0) is 19.5. The van der Waals surface area contributed by atoms with E-state index in [4.69, 9.17) is 0 Å². The van der Waals surface area contributed by atoms with Crippen LogP contribution in [0, 0.1) is 20.8 Å². The van der Waals surface area contributed by atoms with Gasteiger partial charge in [-0.1, -0.05) is 23.8 Å². The molecule has 0 aromatic heterocycles.